The largest absolute Gasteiger partial charge is 0.361 e. The number of nitrogens with two attached hydrogens (primary N) is 1. The molecule has 3 N–H and O–H groups in total. The number of amides is 2. The molecule has 7 nitrogen and oxygen atoms in total. The van der Waals surface area contributed by atoms with Gasteiger partial charge in [0, 0.05) is 31.2 Å². The molecule has 0 aromatic rings. The van der Waals surface area contributed by atoms with Crippen LogP contribution in [0.2, 0.25) is 0 Å². The van der Waals surface area contributed by atoms with Gasteiger partial charge < -0.3 is 15.8 Å². The third kappa shape index (κ3) is 2.59. The van der Waals surface area contributed by atoms with E-state index in [1.165, 1.54) is 32.1 Å². The Labute approximate surface area is 153 Å². The number of rotatable bonds is 2. The highest BCUT2D eigenvalue weighted by atomic mass is 17.3. The van der Waals surface area contributed by atoms with E-state index in [4.69, 9.17) is 20.2 Å². The smallest absolute Gasteiger partial charge is 0.309 e. The summed E-state index contributed by atoms with van der Waals surface area (Å²) in [6, 6.07) is 0. The fourth-order valence-electron chi connectivity index (χ4n) is 6.44. The van der Waals surface area contributed by atoms with Crippen LogP contribution in [0.15, 0.2) is 0 Å². The summed E-state index contributed by atoms with van der Waals surface area (Å²) >= 11 is 0. The summed E-state index contributed by atoms with van der Waals surface area (Å²) in [4.78, 5) is 34.1. The van der Waals surface area contributed by atoms with Crippen LogP contribution in [0, 0.1) is 29.6 Å². The van der Waals surface area contributed by atoms with E-state index in [0.717, 1.165) is 37.5 Å². The summed E-state index contributed by atoms with van der Waals surface area (Å²) < 4.78 is 6.66. The van der Waals surface area contributed by atoms with E-state index in [0.29, 0.717) is 24.3 Å². The van der Waals surface area contributed by atoms with Crippen LogP contribution in [-0.2, 0) is 24.1 Å². The lowest BCUT2D eigenvalue weighted by Crippen LogP contribution is -2.59. The number of carbonyl (C=O) groups is 2. The Morgan fingerprint density at radius 2 is 1.58 bits per heavy atom. The first-order valence-electron chi connectivity index (χ1n) is 10.1. The summed E-state index contributed by atoms with van der Waals surface area (Å²) in [5.41, 5.74) is 4.98. The topological polar surface area (TPSA) is 99.9 Å². The highest BCUT2D eigenvalue weighted by Crippen LogP contribution is 2.63. The third-order valence-electron chi connectivity index (χ3n) is 7.59. The van der Waals surface area contributed by atoms with Gasteiger partial charge in [0.1, 0.15) is 0 Å². The molecule has 144 valence electrons. The lowest BCUT2D eigenvalue weighted by Gasteiger charge is -2.57. The zero-order chi connectivity index (χ0) is 17.9. The molecular weight excluding hydrogens is 336 g/mol. The molecule has 0 aromatic heterocycles. The Morgan fingerprint density at radius 3 is 2.15 bits per heavy atom. The van der Waals surface area contributed by atoms with Gasteiger partial charge in [-0.05, 0) is 62.7 Å². The predicted molar refractivity (Wildman–Crippen MR) is 89.9 cm³/mol. The van der Waals surface area contributed by atoms with Crippen LogP contribution in [0.3, 0.4) is 0 Å². The van der Waals surface area contributed by atoms with Gasteiger partial charge in [-0.15, -0.1) is 0 Å². The zero-order valence-corrected chi connectivity index (χ0v) is 15.1. The van der Waals surface area contributed by atoms with Gasteiger partial charge in [0.25, 0.3) is 0 Å². The first kappa shape index (κ1) is 17.0. The molecule has 6 rings (SSSR count). The molecule has 2 amide bonds. The number of carbonyl (C=O) groups excluding carboxylic acids is 2. The lowest BCUT2D eigenvalue weighted by molar-refractivity contribution is -0.390. The summed E-state index contributed by atoms with van der Waals surface area (Å²) in [6.45, 7) is 0.471. The minimum absolute atomic E-state index is 0.311. The SMILES string of the molecule is NC(=O)C(=O)NCC1CCC2(CC1)OOC1(O2)C2CC3CC(C2)CC1C3. The molecular formula is C19H28N2O5. The summed E-state index contributed by atoms with van der Waals surface area (Å²) in [5, 5.41) is 2.60. The number of primary amides is 1. The second kappa shape index (κ2) is 5.91. The van der Waals surface area contributed by atoms with Gasteiger partial charge in [0.05, 0.1) is 0 Å². The Bertz CT molecular complexity index is 585. The molecule has 4 bridgehead atoms. The van der Waals surface area contributed by atoms with Crippen LogP contribution in [-0.4, -0.2) is 29.9 Å². The average molecular weight is 364 g/mol. The molecule has 1 saturated heterocycles. The number of ether oxygens (including phenoxy) is 1. The van der Waals surface area contributed by atoms with Gasteiger partial charge in [-0.3, -0.25) is 9.59 Å². The fraction of sp³-hybridized carbons (Fsp3) is 0.895. The van der Waals surface area contributed by atoms with Gasteiger partial charge in [0.15, 0.2) is 0 Å². The van der Waals surface area contributed by atoms with Crippen molar-refractivity contribution in [3.8, 4) is 0 Å². The first-order valence-corrected chi connectivity index (χ1v) is 10.1. The maximum absolute atomic E-state index is 11.3. The van der Waals surface area contributed by atoms with Gasteiger partial charge in [-0.1, -0.05) is 0 Å². The highest BCUT2D eigenvalue weighted by molar-refractivity contribution is 6.34. The monoisotopic (exact) mass is 364 g/mol. The quantitative estimate of drug-likeness (QED) is 0.573. The van der Waals surface area contributed by atoms with E-state index < -0.39 is 23.4 Å². The van der Waals surface area contributed by atoms with Crippen molar-refractivity contribution in [3.63, 3.8) is 0 Å². The molecule has 2 spiro atoms. The molecule has 26 heavy (non-hydrogen) atoms. The molecule has 5 aliphatic carbocycles. The van der Waals surface area contributed by atoms with Gasteiger partial charge in [-0.2, -0.15) is 9.78 Å². The maximum atomic E-state index is 11.3. The summed E-state index contributed by atoms with van der Waals surface area (Å²) in [5.74, 6) is 0.196. The molecule has 0 radical (unpaired) electrons. The van der Waals surface area contributed by atoms with Crippen molar-refractivity contribution in [3.05, 3.63) is 0 Å². The predicted octanol–water partition coefficient (Wildman–Crippen LogP) is 1.61. The van der Waals surface area contributed by atoms with Crippen molar-refractivity contribution in [1.29, 1.82) is 0 Å². The standard InChI is InChI=1S/C19H28N2O5/c20-16(22)17(23)21-10-11-1-3-18(4-2-11)24-19(26-25-18)14-6-12-5-13(8-14)9-15(19)7-12/h11-15H,1-10H2,(H2,20,22)(H,21,23). The van der Waals surface area contributed by atoms with Crippen molar-refractivity contribution >= 4 is 11.8 Å². The van der Waals surface area contributed by atoms with E-state index in [1.54, 1.807) is 0 Å². The van der Waals surface area contributed by atoms with Crippen molar-refractivity contribution < 1.29 is 24.1 Å². The van der Waals surface area contributed by atoms with Crippen molar-refractivity contribution in [1.82, 2.24) is 5.32 Å². The molecule has 6 aliphatic rings. The number of nitrogens with one attached hydrogen (secondary N) is 1. The van der Waals surface area contributed by atoms with E-state index in [2.05, 4.69) is 5.32 Å². The van der Waals surface area contributed by atoms with Crippen LogP contribution in [0.4, 0.5) is 0 Å². The molecule has 1 aliphatic heterocycles. The van der Waals surface area contributed by atoms with E-state index in [-0.39, 0.29) is 0 Å². The Kier molecular flexibility index (Phi) is 3.85. The molecule has 0 atom stereocenters. The normalized spacial score (nSPS) is 49.0. The fourth-order valence-corrected chi connectivity index (χ4v) is 6.44. The van der Waals surface area contributed by atoms with Crippen LogP contribution < -0.4 is 11.1 Å². The second-order valence-corrected chi connectivity index (χ2v) is 9.22. The number of hydrogen-bond donors (Lipinski definition) is 2. The molecule has 6 fully saturated rings. The average Bonchev–Trinajstić information content (AvgIpc) is 2.99. The highest BCUT2D eigenvalue weighted by Gasteiger charge is 2.66. The first-order chi connectivity index (χ1) is 12.5. The van der Waals surface area contributed by atoms with Crippen molar-refractivity contribution in [2.45, 2.75) is 69.4 Å². The van der Waals surface area contributed by atoms with Crippen LogP contribution in [0.25, 0.3) is 0 Å². The van der Waals surface area contributed by atoms with Crippen LogP contribution >= 0.6 is 0 Å². The van der Waals surface area contributed by atoms with Crippen LogP contribution in [0.1, 0.15) is 57.8 Å². The van der Waals surface area contributed by atoms with Gasteiger partial charge in [-0.25, -0.2) is 0 Å². The summed E-state index contributed by atoms with van der Waals surface area (Å²) in [6.07, 6.45) is 9.53. The Balaban J connectivity index is 1.21. The second-order valence-electron chi connectivity index (χ2n) is 9.22. The molecule has 7 heteroatoms. The van der Waals surface area contributed by atoms with E-state index in [1.807, 2.05) is 0 Å². The molecule has 0 unspecified atom stereocenters. The minimum Gasteiger partial charge on any atom is -0.361 e. The van der Waals surface area contributed by atoms with Crippen LogP contribution in [0.5, 0.6) is 0 Å². The molecule has 1 heterocycles. The van der Waals surface area contributed by atoms with E-state index in [9.17, 15) is 9.59 Å². The Morgan fingerprint density at radius 1 is 0.962 bits per heavy atom. The zero-order valence-electron chi connectivity index (χ0n) is 15.1. The lowest BCUT2D eigenvalue weighted by atomic mass is 9.53. The van der Waals surface area contributed by atoms with Gasteiger partial charge >= 0.3 is 11.8 Å². The molecule has 0 aromatic carbocycles. The number of hydrogen-bond acceptors (Lipinski definition) is 5. The summed E-state index contributed by atoms with van der Waals surface area (Å²) in [7, 11) is 0. The molecule has 5 saturated carbocycles. The van der Waals surface area contributed by atoms with Crippen molar-refractivity contribution in [2.24, 2.45) is 35.3 Å². The van der Waals surface area contributed by atoms with Crippen molar-refractivity contribution in [2.75, 3.05) is 6.54 Å². The minimum atomic E-state index is -0.933. The third-order valence-corrected chi connectivity index (χ3v) is 7.59. The van der Waals surface area contributed by atoms with Gasteiger partial charge in [0.2, 0.25) is 11.6 Å². The maximum Gasteiger partial charge on any atom is 0.309 e. The van der Waals surface area contributed by atoms with E-state index >= 15 is 0 Å². The Hall–Kier alpha value is -1.18.